The number of nitrogens with one attached hydrogen (secondary N) is 1. The monoisotopic (exact) mass is 337 g/mol. The van der Waals surface area contributed by atoms with E-state index in [2.05, 4.69) is 21.2 Å². The molecule has 2 aromatic carbocycles. The lowest BCUT2D eigenvalue weighted by Crippen LogP contribution is -2.13. The molecule has 0 atom stereocenters. The second kappa shape index (κ2) is 5.63. The van der Waals surface area contributed by atoms with Crippen molar-refractivity contribution in [3.05, 3.63) is 57.3 Å². The summed E-state index contributed by atoms with van der Waals surface area (Å²) in [5, 5.41) is 12.6. The van der Waals surface area contributed by atoms with Gasteiger partial charge in [0, 0.05) is 15.7 Å². The van der Waals surface area contributed by atoms with Gasteiger partial charge in [0.05, 0.1) is 5.56 Å². The Kier molecular flexibility index (Phi) is 4.09. The topological polar surface area (TPSA) is 49.3 Å². The summed E-state index contributed by atoms with van der Waals surface area (Å²) in [6.07, 6.45) is 0. The Balaban J connectivity index is 2.30. The Hall–Kier alpha value is -1.88. The molecule has 0 spiro atoms. The van der Waals surface area contributed by atoms with Gasteiger partial charge in [-0.15, -0.1) is 0 Å². The van der Waals surface area contributed by atoms with Gasteiger partial charge in [-0.3, -0.25) is 4.79 Å². The summed E-state index contributed by atoms with van der Waals surface area (Å²) in [5.41, 5.74) is 2.18. The molecule has 104 valence electrons. The van der Waals surface area contributed by atoms with Gasteiger partial charge < -0.3 is 10.4 Å². The highest BCUT2D eigenvalue weighted by atomic mass is 79.9. The van der Waals surface area contributed by atoms with E-state index in [1.54, 1.807) is 26.0 Å². The molecule has 5 heteroatoms. The number of carbonyl (C=O) groups excluding carboxylic acids is 1. The highest BCUT2D eigenvalue weighted by molar-refractivity contribution is 9.10. The van der Waals surface area contributed by atoms with Crippen LogP contribution in [0.2, 0.25) is 0 Å². The van der Waals surface area contributed by atoms with Crippen LogP contribution < -0.4 is 5.32 Å². The zero-order valence-electron chi connectivity index (χ0n) is 11.0. The van der Waals surface area contributed by atoms with Crippen LogP contribution in [0.25, 0.3) is 0 Å². The van der Waals surface area contributed by atoms with Crippen molar-refractivity contribution in [2.45, 2.75) is 13.8 Å². The first-order valence-corrected chi connectivity index (χ1v) is 6.75. The Labute approximate surface area is 124 Å². The number of benzene rings is 2. The molecule has 0 unspecified atom stereocenters. The van der Waals surface area contributed by atoms with Crippen molar-refractivity contribution >= 4 is 27.5 Å². The van der Waals surface area contributed by atoms with Crippen LogP contribution in [0.5, 0.6) is 5.75 Å². The van der Waals surface area contributed by atoms with Crippen molar-refractivity contribution < 1.29 is 14.3 Å². The Bertz CT molecular complexity index is 686. The SMILES string of the molecule is Cc1ccc(NC(=O)c2ccc(F)cc2Br)c(C)c1O. The third kappa shape index (κ3) is 2.82. The first-order valence-electron chi connectivity index (χ1n) is 5.95. The molecule has 0 heterocycles. The van der Waals surface area contributed by atoms with E-state index in [0.29, 0.717) is 21.3 Å². The summed E-state index contributed by atoms with van der Waals surface area (Å²) in [4.78, 5) is 12.1. The molecular weight excluding hydrogens is 325 g/mol. The molecule has 0 bridgehead atoms. The molecular formula is C15H13BrFNO2. The maximum Gasteiger partial charge on any atom is 0.256 e. The molecule has 0 aliphatic rings. The van der Waals surface area contributed by atoms with E-state index in [-0.39, 0.29) is 11.7 Å². The Morgan fingerprint density at radius 1 is 1.25 bits per heavy atom. The van der Waals surface area contributed by atoms with E-state index in [1.807, 2.05) is 0 Å². The number of phenols is 1. The minimum atomic E-state index is -0.419. The van der Waals surface area contributed by atoms with Crippen LogP contribution in [0.4, 0.5) is 10.1 Å². The molecule has 2 N–H and O–H groups in total. The lowest BCUT2D eigenvalue weighted by atomic mass is 10.1. The molecule has 3 nitrogen and oxygen atoms in total. The van der Waals surface area contributed by atoms with Crippen LogP contribution in [0.15, 0.2) is 34.8 Å². The lowest BCUT2D eigenvalue weighted by Gasteiger charge is -2.12. The van der Waals surface area contributed by atoms with Crippen molar-refractivity contribution in [3.8, 4) is 5.75 Å². The zero-order valence-corrected chi connectivity index (χ0v) is 12.6. The molecule has 0 aromatic heterocycles. The fourth-order valence-electron chi connectivity index (χ4n) is 1.83. The fourth-order valence-corrected chi connectivity index (χ4v) is 2.37. The lowest BCUT2D eigenvalue weighted by molar-refractivity contribution is 0.102. The highest BCUT2D eigenvalue weighted by Crippen LogP contribution is 2.29. The molecule has 2 rings (SSSR count). The average Bonchev–Trinajstić information content (AvgIpc) is 2.39. The van der Waals surface area contributed by atoms with Gasteiger partial charge >= 0.3 is 0 Å². The van der Waals surface area contributed by atoms with Crippen LogP contribution in [0.3, 0.4) is 0 Å². The quantitative estimate of drug-likeness (QED) is 0.864. The predicted octanol–water partition coefficient (Wildman–Crippen LogP) is 4.16. The first-order chi connectivity index (χ1) is 9.40. The number of aryl methyl sites for hydroxylation is 1. The van der Waals surface area contributed by atoms with Crippen LogP contribution in [-0.2, 0) is 0 Å². The van der Waals surface area contributed by atoms with Crippen LogP contribution in [0.1, 0.15) is 21.5 Å². The molecule has 2 aromatic rings. The van der Waals surface area contributed by atoms with Gasteiger partial charge in [0.25, 0.3) is 5.91 Å². The second-order valence-electron chi connectivity index (χ2n) is 4.48. The fraction of sp³-hybridized carbons (Fsp3) is 0.133. The van der Waals surface area contributed by atoms with Gasteiger partial charge in [0.1, 0.15) is 11.6 Å². The third-order valence-electron chi connectivity index (χ3n) is 3.06. The standard InChI is InChI=1S/C15H13BrFNO2/c1-8-3-6-13(9(2)14(8)19)18-15(20)11-5-4-10(17)7-12(11)16/h3-7,19H,1-2H3,(H,18,20). The van der Waals surface area contributed by atoms with Gasteiger partial charge in [-0.25, -0.2) is 4.39 Å². The molecule has 0 saturated carbocycles. The van der Waals surface area contributed by atoms with E-state index in [0.717, 1.165) is 5.56 Å². The van der Waals surface area contributed by atoms with Gasteiger partial charge in [-0.05, 0) is 59.6 Å². The number of rotatable bonds is 2. The predicted molar refractivity (Wildman–Crippen MR) is 79.6 cm³/mol. The summed E-state index contributed by atoms with van der Waals surface area (Å²) in [5.74, 6) is -0.637. The number of anilines is 1. The number of halogens is 2. The Morgan fingerprint density at radius 2 is 1.95 bits per heavy atom. The third-order valence-corrected chi connectivity index (χ3v) is 3.71. The summed E-state index contributed by atoms with van der Waals surface area (Å²) in [6.45, 7) is 3.50. The number of aromatic hydroxyl groups is 1. The number of amides is 1. The van der Waals surface area contributed by atoms with Crippen molar-refractivity contribution in [2.24, 2.45) is 0 Å². The minimum Gasteiger partial charge on any atom is -0.507 e. The second-order valence-corrected chi connectivity index (χ2v) is 5.34. The van der Waals surface area contributed by atoms with Crippen molar-refractivity contribution in [3.63, 3.8) is 0 Å². The molecule has 0 radical (unpaired) electrons. The average molecular weight is 338 g/mol. The van der Waals surface area contributed by atoms with E-state index < -0.39 is 5.82 Å². The van der Waals surface area contributed by atoms with Crippen LogP contribution >= 0.6 is 15.9 Å². The molecule has 0 aliphatic heterocycles. The van der Waals surface area contributed by atoms with Crippen molar-refractivity contribution in [2.75, 3.05) is 5.32 Å². The number of carbonyl (C=O) groups is 1. The van der Waals surface area contributed by atoms with Crippen molar-refractivity contribution in [1.82, 2.24) is 0 Å². The maximum absolute atomic E-state index is 13.0. The molecule has 0 fully saturated rings. The number of hydrogen-bond acceptors (Lipinski definition) is 2. The molecule has 1 amide bonds. The van der Waals surface area contributed by atoms with E-state index in [1.165, 1.54) is 18.2 Å². The van der Waals surface area contributed by atoms with Crippen molar-refractivity contribution in [1.29, 1.82) is 0 Å². The van der Waals surface area contributed by atoms with E-state index in [4.69, 9.17) is 0 Å². The summed E-state index contributed by atoms with van der Waals surface area (Å²) in [6, 6.07) is 7.29. The number of hydrogen-bond donors (Lipinski definition) is 2. The van der Waals surface area contributed by atoms with E-state index >= 15 is 0 Å². The Morgan fingerprint density at radius 3 is 2.60 bits per heavy atom. The van der Waals surface area contributed by atoms with Gasteiger partial charge in [0.15, 0.2) is 0 Å². The van der Waals surface area contributed by atoms with Gasteiger partial charge in [-0.2, -0.15) is 0 Å². The number of phenolic OH excluding ortho intramolecular Hbond substituents is 1. The minimum absolute atomic E-state index is 0.154. The summed E-state index contributed by atoms with van der Waals surface area (Å²) < 4.78 is 13.4. The van der Waals surface area contributed by atoms with E-state index in [9.17, 15) is 14.3 Å². The summed E-state index contributed by atoms with van der Waals surface area (Å²) >= 11 is 3.16. The largest absolute Gasteiger partial charge is 0.507 e. The zero-order chi connectivity index (χ0) is 14.9. The van der Waals surface area contributed by atoms with Gasteiger partial charge in [-0.1, -0.05) is 6.07 Å². The van der Waals surface area contributed by atoms with Gasteiger partial charge in [0.2, 0.25) is 0 Å². The first kappa shape index (κ1) is 14.5. The highest BCUT2D eigenvalue weighted by Gasteiger charge is 2.13. The molecule has 0 saturated heterocycles. The normalized spacial score (nSPS) is 10.4. The van der Waals surface area contributed by atoms with Crippen LogP contribution in [0, 0.1) is 19.7 Å². The summed E-state index contributed by atoms with van der Waals surface area (Å²) in [7, 11) is 0. The smallest absolute Gasteiger partial charge is 0.256 e. The van der Waals surface area contributed by atoms with Crippen LogP contribution in [-0.4, -0.2) is 11.0 Å². The maximum atomic E-state index is 13.0. The molecule has 0 aliphatic carbocycles. The molecule has 20 heavy (non-hydrogen) atoms.